The van der Waals surface area contributed by atoms with Crippen molar-refractivity contribution in [2.45, 2.75) is 83.9 Å². The maximum atomic E-state index is 12.8. The number of aliphatic hydroxyl groups is 1. The molecule has 0 bridgehead atoms. The maximum Gasteiger partial charge on any atom is 0.237 e. The number of β-amino-alcohol motifs (C(OH)–C–C–N with tert-alkyl or cyclic N) is 1. The predicted octanol–water partition coefficient (Wildman–Crippen LogP) is 3.38. The second kappa shape index (κ2) is 16.9. The molecule has 37 heavy (non-hydrogen) atoms. The Morgan fingerprint density at radius 1 is 1.14 bits per heavy atom. The zero-order valence-corrected chi connectivity index (χ0v) is 23.7. The van der Waals surface area contributed by atoms with E-state index in [1.165, 1.54) is 6.42 Å². The van der Waals surface area contributed by atoms with E-state index >= 15 is 0 Å². The summed E-state index contributed by atoms with van der Waals surface area (Å²) in [6.07, 6.45) is 5.75. The summed E-state index contributed by atoms with van der Waals surface area (Å²) in [5.74, 6) is 1.84. The minimum atomic E-state index is -0.650. The van der Waals surface area contributed by atoms with Gasteiger partial charge >= 0.3 is 0 Å². The lowest BCUT2D eigenvalue weighted by atomic mass is 9.82. The highest BCUT2D eigenvalue weighted by Crippen LogP contribution is 2.31. The molecule has 8 nitrogen and oxygen atoms in total. The van der Waals surface area contributed by atoms with Gasteiger partial charge in [-0.2, -0.15) is 0 Å². The lowest BCUT2D eigenvalue weighted by molar-refractivity contribution is -0.124. The first-order valence-electron chi connectivity index (χ1n) is 14.0. The van der Waals surface area contributed by atoms with Crippen molar-refractivity contribution >= 4 is 5.91 Å². The van der Waals surface area contributed by atoms with E-state index in [4.69, 9.17) is 19.9 Å². The molecule has 0 saturated carbocycles. The van der Waals surface area contributed by atoms with E-state index in [0.29, 0.717) is 44.3 Å². The first-order valence-corrected chi connectivity index (χ1v) is 14.0. The summed E-state index contributed by atoms with van der Waals surface area (Å²) in [6, 6.07) is 5.14. The average molecular weight is 522 g/mol. The Balaban J connectivity index is 2.16. The fourth-order valence-electron chi connectivity index (χ4n) is 4.89. The Morgan fingerprint density at radius 3 is 2.49 bits per heavy atom. The molecule has 1 aromatic carbocycles. The largest absolute Gasteiger partial charge is 0.493 e. The Kier molecular flexibility index (Phi) is 14.3. The van der Waals surface area contributed by atoms with Gasteiger partial charge in [0.2, 0.25) is 5.91 Å². The Morgan fingerprint density at radius 2 is 1.86 bits per heavy atom. The number of amides is 1. The first-order chi connectivity index (χ1) is 17.8. The van der Waals surface area contributed by atoms with Crippen LogP contribution in [0, 0.1) is 11.8 Å². The van der Waals surface area contributed by atoms with E-state index in [9.17, 15) is 9.90 Å². The predicted molar refractivity (Wildman–Crippen MR) is 148 cm³/mol. The van der Waals surface area contributed by atoms with E-state index in [0.717, 1.165) is 50.1 Å². The van der Waals surface area contributed by atoms with Crippen molar-refractivity contribution in [1.82, 2.24) is 10.2 Å². The first kappa shape index (κ1) is 31.3. The second-order valence-corrected chi connectivity index (χ2v) is 10.7. The van der Waals surface area contributed by atoms with Gasteiger partial charge in [0.05, 0.1) is 31.9 Å². The maximum absolute atomic E-state index is 12.8. The van der Waals surface area contributed by atoms with Crippen molar-refractivity contribution in [3.8, 4) is 11.5 Å². The number of carbonyl (C=O) groups is 1. The summed E-state index contributed by atoms with van der Waals surface area (Å²) in [5, 5.41) is 14.4. The van der Waals surface area contributed by atoms with Crippen LogP contribution in [0.3, 0.4) is 0 Å². The van der Waals surface area contributed by atoms with Crippen LogP contribution in [-0.2, 0) is 16.0 Å². The summed E-state index contributed by atoms with van der Waals surface area (Å²) in [7, 11) is 3.33. The van der Waals surface area contributed by atoms with Crippen LogP contribution >= 0.6 is 0 Å². The molecule has 1 fully saturated rings. The smallest absolute Gasteiger partial charge is 0.237 e. The Hall–Kier alpha value is -1.87. The van der Waals surface area contributed by atoms with Crippen molar-refractivity contribution in [1.29, 1.82) is 0 Å². The SMILES string of the molecule is CCC(N)C(=O)N[C@@H](C[C@H](Cc1ccc(OC)c(OCCCOC)c1)C(C)C)[C@@H](O)CN1CCCCC1. The zero-order chi connectivity index (χ0) is 27.2. The average Bonchev–Trinajstić information content (AvgIpc) is 2.90. The van der Waals surface area contributed by atoms with Crippen molar-refractivity contribution in [2.75, 3.05) is 47.1 Å². The number of rotatable bonds is 17. The summed E-state index contributed by atoms with van der Waals surface area (Å²) < 4.78 is 16.6. The van der Waals surface area contributed by atoms with Gasteiger partial charge in [0, 0.05) is 26.7 Å². The Bertz CT molecular complexity index is 785. The third-order valence-electron chi connectivity index (χ3n) is 7.44. The molecule has 0 radical (unpaired) electrons. The van der Waals surface area contributed by atoms with Gasteiger partial charge in [-0.15, -0.1) is 0 Å². The quantitative estimate of drug-likeness (QED) is 0.270. The van der Waals surface area contributed by atoms with Crippen LogP contribution in [-0.4, -0.2) is 81.2 Å². The van der Waals surface area contributed by atoms with Gasteiger partial charge < -0.3 is 35.3 Å². The minimum absolute atomic E-state index is 0.191. The van der Waals surface area contributed by atoms with Gasteiger partial charge in [-0.1, -0.05) is 33.3 Å². The monoisotopic (exact) mass is 521 g/mol. The molecule has 0 spiro atoms. The lowest BCUT2D eigenvalue weighted by Gasteiger charge is -2.35. The van der Waals surface area contributed by atoms with E-state index < -0.39 is 12.1 Å². The number of carbonyl (C=O) groups excluding carboxylic acids is 1. The highest BCUT2D eigenvalue weighted by Gasteiger charge is 2.29. The fraction of sp³-hybridized carbons (Fsp3) is 0.759. The lowest BCUT2D eigenvalue weighted by Crippen LogP contribution is -2.53. The number of nitrogens with one attached hydrogen (secondary N) is 1. The van der Waals surface area contributed by atoms with E-state index in [1.807, 2.05) is 19.1 Å². The number of hydrogen-bond donors (Lipinski definition) is 3. The minimum Gasteiger partial charge on any atom is -0.493 e. The van der Waals surface area contributed by atoms with Crippen LogP contribution < -0.4 is 20.5 Å². The molecule has 1 heterocycles. The number of likely N-dealkylation sites (tertiary alicyclic amines) is 1. The van der Waals surface area contributed by atoms with Gasteiger partial charge in [0.1, 0.15) is 0 Å². The van der Waals surface area contributed by atoms with Crippen molar-refractivity contribution in [3.63, 3.8) is 0 Å². The fourth-order valence-corrected chi connectivity index (χ4v) is 4.89. The molecule has 212 valence electrons. The van der Waals surface area contributed by atoms with Gasteiger partial charge in [-0.25, -0.2) is 0 Å². The van der Waals surface area contributed by atoms with Gasteiger partial charge in [0.15, 0.2) is 11.5 Å². The molecule has 1 aliphatic rings. The van der Waals surface area contributed by atoms with Gasteiger partial charge in [-0.05, 0) is 74.7 Å². The van der Waals surface area contributed by atoms with Crippen molar-refractivity contribution in [2.24, 2.45) is 17.6 Å². The molecule has 1 amide bonds. The number of aliphatic hydroxyl groups excluding tert-OH is 1. The molecule has 4 atom stereocenters. The third kappa shape index (κ3) is 10.8. The molecule has 1 aliphatic heterocycles. The van der Waals surface area contributed by atoms with Crippen LogP contribution in [0.5, 0.6) is 11.5 Å². The molecule has 8 heteroatoms. The third-order valence-corrected chi connectivity index (χ3v) is 7.44. The molecule has 0 aliphatic carbocycles. The van der Waals surface area contributed by atoms with Crippen molar-refractivity contribution in [3.05, 3.63) is 23.8 Å². The molecular weight excluding hydrogens is 470 g/mol. The highest BCUT2D eigenvalue weighted by atomic mass is 16.5. The number of nitrogens with zero attached hydrogens (tertiary/aromatic N) is 1. The van der Waals surface area contributed by atoms with Crippen LogP contribution in [0.15, 0.2) is 18.2 Å². The highest BCUT2D eigenvalue weighted by molar-refractivity contribution is 5.81. The topological polar surface area (TPSA) is 106 Å². The van der Waals surface area contributed by atoms with Gasteiger partial charge in [-0.3, -0.25) is 4.79 Å². The van der Waals surface area contributed by atoms with Crippen LogP contribution in [0.25, 0.3) is 0 Å². The molecule has 1 saturated heterocycles. The van der Waals surface area contributed by atoms with Crippen LogP contribution in [0.2, 0.25) is 0 Å². The van der Waals surface area contributed by atoms with E-state index in [2.05, 4.69) is 30.1 Å². The number of nitrogens with two attached hydrogens (primary N) is 1. The molecule has 1 unspecified atom stereocenters. The van der Waals surface area contributed by atoms with E-state index in [1.54, 1.807) is 14.2 Å². The van der Waals surface area contributed by atoms with Crippen molar-refractivity contribution < 1.29 is 24.1 Å². The number of ether oxygens (including phenoxy) is 3. The van der Waals surface area contributed by atoms with E-state index in [-0.39, 0.29) is 17.9 Å². The number of methoxy groups -OCH3 is 2. The summed E-state index contributed by atoms with van der Waals surface area (Å²) in [5.41, 5.74) is 7.17. The summed E-state index contributed by atoms with van der Waals surface area (Å²) >= 11 is 0. The number of benzene rings is 1. The molecule has 2 rings (SSSR count). The van der Waals surface area contributed by atoms with Crippen LogP contribution in [0.4, 0.5) is 0 Å². The molecule has 1 aromatic rings. The number of hydrogen-bond acceptors (Lipinski definition) is 7. The standard InChI is InChI=1S/C29H51N3O5/c1-6-24(30)29(34)31-25(26(33)20-32-13-8-7-9-14-32)19-23(21(2)3)17-22-11-12-27(36-5)28(18-22)37-16-10-15-35-4/h11-12,18,21,23-26,33H,6-10,13-17,19-20,30H2,1-5H3,(H,31,34)/t23-,24?,25-,26-/m0/s1. The molecule has 0 aromatic heterocycles. The van der Waals surface area contributed by atoms with Crippen LogP contribution in [0.1, 0.15) is 64.9 Å². The van der Waals surface area contributed by atoms with Gasteiger partial charge in [0.25, 0.3) is 0 Å². The second-order valence-electron chi connectivity index (χ2n) is 10.7. The molecule has 4 N–H and O–H groups in total. The summed E-state index contributed by atoms with van der Waals surface area (Å²) in [6.45, 7) is 10.1. The summed E-state index contributed by atoms with van der Waals surface area (Å²) in [4.78, 5) is 15.1. The molecular formula is C29H51N3O5. The Labute approximate surface area is 224 Å². The zero-order valence-electron chi connectivity index (χ0n) is 23.7. The normalized spacial score (nSPS) is 17.7. The number of piperidine rings is 1.